The van der Waals surface area contributed by atoms with Crippen molar-refractivity contribution >= 4 is 0 Å². The molecule has 0 aromatic heterocycles. The third-order valence-corrected chi connectivity index (χ3v) is 2.61. The summed E-state index contributed by atoms with van der Waals surface area (Å²) in [5.74, 6) is 0.944. The van der Waals surface area contributed by atoms with Crippen LogP contribution in [0.2, 0.25) is 0 Å². The van der Waals surface area contributed by atoms with Crippen LogP contribution in [0.4, 0.5) is 0 Å². The first-order valence-corrected chi connectivity index (χ1v) is 4.76. The molecule has 0 amide bonds. The van der Waals surface area contributed by atoms with Crippen molar-refractivity contribution in [1.29, 1.82) is 0 Å². The molecule has 3 unspecified atom stereocenters. The van der Waals surface area contributed by atoms with Gasteiger partial charge in [0.2, 0.25) is 0 Å². The van der Waals surface area contributed by atoms with Crippen LogP contribution >= 0.6 is 0 Å². The number of nitrogens with one attached hydrogen (secondary N) is 1. The molecule has 1 saturated carbocycles. The molecule has 3 N–H and O–H groups in total. The zero-order valence-electron chi connectivity index (χ0n) is 7.64. The van der Waals surface area contributed by atoms with Gasteiger partial charge >= 0.3 is 0 Å². The van der Waals surface area contributed by atoms with E-state index in [0.717, 1.165) is 24.9 Å². The van der Waals surface area contributed by atoms with E-state index in [4.69, 9.17) is 5.73 Å². The maximum absolute atomic E-state index is 5.77. The van der Waals surface area contributed by atoms with E-state index in [9.17, 15) is 0 Å². The predicted molar refractivity (Wildman–Crippen MR) is 48.5 cm³/mol. The van der Waals surface area contributed by atoms with Crippen LogP contribution < -0.4 is 11.1 Å². The normalized spacial score (nSPS) is 31.9. The van der Waals surface area contributed by atoms with Crippen molar-refractivity contribution in [1.82, 2.24) is 5.32 Å². The summed E-state index contributed by atoms with van der Waals surface area (Å²) in [4.78, 5) is 0. The predicted octanol–water partition coefficient (Wildman–Crippen LogP) is 1.11. The van der Waals surface area contributed by atoms with Gasteiger partial charge in [-0.05, 0) is 18.8 Å². The summed E-state index contributed by atoms with van der Waals surface area (Å²) in [6.07, 6.45) is 3.77. The Morgan fingerprint density at radius 3 is 2.73 bits per heavy atom. The van der Waals surface area contributed by atoms with Gasteiger partial charge in [0, 0.05) is 18.6 Å². The third kappa shape index (κ3) is 2.80. The van der Waals surface area contributed by atoms with Gasteiger partial charge in [0.05, 0.1) is 0 Å². The average molecular weight is 156 g/mol. The van der Waals surface area contributed by atoms with E-state index in [2.05, 4.69) is 19.2 Å². The number of rotatable bonds is 5. The molecule has 1 aliphatic rings. The molecule has 1 rings (SSSR count). The minimum Gasteiger partial charge on any atom is -0.327 e. The van der Waals surface area contributed by atoms with Crippen molar-refractivity contribution in [3.8, 4) is 0 Å². The van der Waals surface area contributed by atoms with Crippen molar-refractivity contribution in [2.75, 3.05) is 6.54 Å². The van der Waals surface area contributed by atoms with E-state index >= 15 is 0 Å². The molecule has 0 bridgehead atoms. The van der Waals surface area contributed by atoms with Crippen LogP contribution in [0.15, 0.2) is 0 Å². The molecule has 0 aromatic rings. The second kappa shape index (κ2) is 4.07. The van der Waals surface area contributed by atoms with E-state index in [-0.39, 0.29) is 0 Å². The summed E-state index contributed by atoms with van der Waals surface area (Å²) in [7, 11) is 0. The molecular weight excluding hydrogens is 136 g/mol. The van der Waals surface area contributed by atoms with Gasteiger partial charge in [-0.1, -0.05) is 20.3 Å². The topological polar surface area (TPSA) is 38.0 Å². The lowest BCUT2D eigenvalue weighted by Crippen LogP contribution is -2.34. The number of nitrogens with two attached hydrogens (primary N) is 1. The molecule has 1 aliphatic carbocycles. The number of hydrogen-bond acceptors (Lipinski definition) is 2. The minimum absolute atomic E-state index is 0.355. The summed E-state index contributed by atoms with van der Waals surface area (Å²) < 4.78 is 0. The van der Waals surface area contributed by atoms with E-state index in [1.165, 1.54) is 12.8 Å². The fourth-order valence-electron chi connectivity index (χ4n) is 1.40. The van der Waals surface area contributed by atoms with Crippen LogP contribution in [0.25, 0.3) is 0 Å². The first-order chi connectivity index (χ1) is 5.27. The highest BCUT2D eigenvalue weighted by molar-refractivity contribution is 4.92. The Morgan fingerprint density at radius 2 is 2.27 bits per heavy atom. The van der Waals surface area contributed by atoms with Gasteiger partial charge < -0.3 is 11.1 Å². The zero-order chi connectivity index (χ0) is 8.27. The molecule has 0 heterocycles. The van der Waals surface area contributed by atoms with E-state index in [1.54, 1.807) is 0 Å². The molecule has 0 saturated heterocycles. The van der Waals surface area contributed by atoms with Gasteiger partial charge in [-0.15, -0.1) is 0 Å². The highest BCUT2D eigenvalue weighted by Crippen LogP contribution is 2.32. The van der Waals surface area contributed by atoms with Gasteiger partial charge in [-0.25, -0.2) is 0 Å². The molecule has 1 fully saturated rings. The van der Waals surface area contributed by atoms with E-state index < -0.39 is 0 Å². The Kier molecular flexibility index (Phi) is 3.34. The highest BCUT2D eigenvalue weighted by atomic mass is 15.0. The monoisotopic (exact) mass is 156 g/mol. The van der Waals surface area contributed by atoms with Gasteiger partial charge in [-0.2, -0.15) is 0 Å². The van der Waals surface area contributed by atoms with Crippen LogP contribution in [0.1, 0.15) is 33.1 Å². The van der Waals surface area contributed by atoms with Crippen molar-refractivity contribution in [3.05, 3.63) is 0 Å². The van der Waals surface area contributed by atoms with E-state index in [1.807, 2.05) is 0 Å². The second-order valence-electron chi connectivity index (χ2n) is 3.59. The number of hydrogen-bond donors (Lipinski definition) is 2. The van der Waals surface area contributed by atoms with Crippen LogP contribution in [0.5, 0.6) is 0 Å². The van der Waals surface area contributed by atoms with Gasteiger partial charge in [0.1, 0.15) is 0 Å². The lowest BCUT2D eigenvalue weighted by molar-refractivity contribution is 0.541. The van der Waals surface area contributed by atoms with Gasteiger partial charge in [-0.3, -0.25) is 0 Å². The maximum atomic E-state index is 5.77. The highest BCUT2D eigenvalue weighted by Gasteiger charge is 2.34. The van der Waals surface area contributed by atoms with Crippen molar-refractivity contribution < 1.29 is 0 Å². The fraction of sp³-hybridized carbons (Fsp3) is 1.00. The maximum Gasteiger partial charge on any atom is 0.0162 e. The molecule has 11 heavy (non-hydrogen) atoms. The zero-order valence-corrected chi connectivity index (χ0v) is 7.64. The van der Waals surface area contributed by atoms with Crippen molar-refractivity contribution in [3.63, 3.8) is 0 Å². The summed E-state index contributed by atoms with van der Waals surface area (Å²) in [5.41, 5.74) is 5.77. The largest absolute Gasteiger partial charge is 0.327 e. The van der Waals surface area contributed by atoms with Crippen LogP contribution in [-0.4, -0.2) is 18.6 Å². The first-order valence-electron chi connectivity index (χ1n) is 4.76. The first kappa shape index (κ1) is 9.01. The molecule has 0 radical (unpaired) electrons. The van der Waals surface area contributed by atoms with Crippen molar-refractivity contribution in [2.24, 2.45) is 11.7 Å². The standard InChI is InChI=1S/C9H20N2/c1-3-7-5-9(7)11-6-8(10)4-2/h7-9,11H,3-6,10H2,1-2H3. The Balaban J connectivity index is 1.97. The molecular formula is C9H20N2. The molecule has 2 nitrogen and oxygen atoms in total. The SMILES string of the molecule is CCC(N)CNC1CC1CC. The smallest absolute Gasteiger partial charge is 0.0162 e. The summed E-state index contributed by atoms with van der Waals surface area (Å²) in [6.45, 7) is 5.39. The van der Waals surface area contributed by atoms with Gasteiger partial charge in [0.15, 0.2) is 0 Å². The minimum atomic E-state index is 0.355. The lowest BCUT2D eigenvalue weighted by Gasteiger charge is -2.09. The second-order valence-corrected chi connectivity index (χ2v) is 3.59. The molecule has 0 aliphatic heterocycles. The average Bonchev–Trinajstić information content (AvgIpc) is 2.78. The Labute approximate surface area is 69.5 Å². The molecule has 0 aromatic carbocycles. The van der Waals surface area contributed by atoms with E-state index in [0.29, 0.717) is 6.04 Å². The van der Waals surface area contributed by atoms with Gasteiger partial charge in [0.25, 0.3) is 0 Å². The van der Waals surface area contributed by atoms with Crippen LogP contribution in [0.3, 0.4) is 0 Å². The molecule has 0 spiro atoms. The molecule has 2 heteroatoms. The summed E-state index contributed by atoms with van der Waals surface area (Å²) in [6, 6.07) is 1.14. The summed E-state index contributed by atoms with van der Waals surface area (Å²) in [5, 5.41) is 3.48. The fourth-order valence-corrected chi connectivity index (χ4v) is 1.40. The molecule has 66 valence electrons. The third-order valence-electron chi connectivity index (χ3n) is 2.61. The Morgan fingerprint density at radius 1 is 1.55 bits per heavy atom. The Bertz CT molecular complexity index is 114. The lowest BCUT2D eigenvalue weighted by atomic mass is 10.2. The molecule has 3 atom stereocenters. The summed E-state index contributed by atoms with van der Waals surface area (Å²) >= 11 is 0. The van der Waals surface area contributed by atoms with Crippen LogP contribution in [-0.2, 0) is 0 Å². The van der Waals surface area contributed by atoms with Crippen LogP contribution in [0, 0.1) is 5.92 Å². The quantitative estimate of drug-likeness (QED) is 0.626. The van der Waals surface area contributed by atoms with Crippen molar-refractivity contribution in [2.45, 2.75) is 45.2 Å². The Hall–Kier alpha value is -0.0800.